The number of aryl methyl sites for hydroxylation is 1. The van der Waals surface area contributed by atoms with Crippen LogP contribution in [0, 0.1) is 0 Å². The van der Waals surface area contributed by atoms with Crippen molar-refractivity contribution in [2.75, 3.05) is 12.9 Å². The number of carboxylic acid groups (broad SMARTS) is 1. The Balaban J connectivity index is 2.93. The normalized spacial score (nSPS) is 10.1. The number of rotatable bonds is 6. The molecule has 1 aromatic carbocycles. The van der Waals surface area contributed by atoms with E-state index in [0.717, 1.165) is 10.5 Å². The minimum atomic E-state index is -0.845. The lowest BCUT2D eigenvalue weighted by atomic mass is 10.1. The molecule has 0 spiro atoms. The Morgan fingerprint density at radius 3 is 2.61 bits per heavy atom. The van der Waals surface area contributed by atoms with Crippen molar-refractivity contribution in [2.24, 2.45) is 0 Å². The molecule has 0 aliphatic heterocycles. The Bertz CT molecular complexity index is 443. The van der Waals surface area contributed by atoms with Gasteiger partial charge in [-0.15, -0.1) is 11.8 Å². The third-order valence-corrected chi connectivity index (χ3v) is 3.05. The van der Waals surface area contributed by atoms with Gasteiger partial charge in [-0.25, -0.2) is 4.79 Å². The van der Waals surface area contributed by atoms with Crippen molar-refractivity contribution in [1.29, 1.82) is 0 Å². The molecule has 0 fully saturated rings. The van der Waals surface area contributed by atoms with Crippen molar-refractivity contribution in [2.45, 2.75) is 24.7 Å². The Morgan fingerprint density at radius 2 is 2.06 bits per heavy atom. The number of aliphatic carboxylic acids is 1. The van der Waals surface area contributed by atoms with Crippen LogP contribution >= 0.6 is 11.8 Å². The maximum atomic E-state index is 11.7. The van der Waals surface area contributed by atoms with Crippen LogP contribution in [0.5, 0.6) is 0 Å². The highest BCUT2D eigenvalue weighted by Gasteiger charge is 2.10. The lowest BCUT2D eigenvalue weighted by Gasteiger charge is -2.07. The topological polar surface area (TPSA) is 63.6 Å². The molecule has 0 bridgehead atoms. The summed E-state index contributed by atoms with van der Waals surface area (Å²) in [5.74, 6) is -1.22. The number of hydrogen-bond donors (Lipinski definition) is 1. The molecule has 1 N–H and O–H groups in total. The molecule has 1 aromatic rings. The number of carboxylic acids is 1. The summed E-state index contributed by atoms with van der Waals surface area (Å²) in [6.07, 6.45) is 2.38. The van der Waals surface area contributed by atoms with Crippen LogP contribution in [-0.2, 0) is 16.0 Å². The van der Waals surface area contributed by atoms with Crippen LogP contribution in [0.2, 0.25) is 0 Å². The summed E-state index contributed by atoms with van der Waals surface area (Å²) in [7, 11) is 0. The molecular formula is C13H16O4S. The SMILES string of the molecule is CCOC(=O)c1cc(CCC(=O)O)cc(SC)c1. The second-order valence-electron chi connectivity index (χ2n) is 3.68. The third kappa shape index (κ3) is 4.41. The number of benzene rings is 1. The molecule has 0 atom stereocenters. The Labute approximate surface area is 110 Å². The number of carbonyl (C=O) groups is 2. The van der Waals surface area contributed by atoms with Crippen molar-refractivity contribution in [3.05, 3.63) is 29.3 Å². The van der Waals surface area contributed by atoms with E-state index in [9.17, 15) is 9.59 Å². The van der Waals surface area contributed by atoms with E-state index in [4.69, 9.17) is 9.84 Å². The van der Waals surface area contributed by atoms with Crippen LogP contribution in [0.15, 0.2) is 23.1 Å². The van der Waals surface area contributed by atoms with E-state index in [1.807, 2.05) is 12.3 Å². The average molecular weight is 268 g/mol. The summed E-state index contributed by atoms with van der Waals surface area (Å²) >= 11 is 1.51. The average Bonchev–Trinajstić information content (AvgIpc) is 2.36. The van der Waals surface area contributed by atoms with Crippen LogP contribution in [0.1, 0.15) is 29.3 Å². The zero-order valence-electron chi connectivity index (χ0n) is 10.4. The van der Waals surface area contributed by atoms with Gasteiger partial charge in [0.25, 0.3) is 0 Å². The summed E-state index contributed by atoms with van der Waals surface area (Å²) in [5.41, 5.74) is 1.32. The van der Waals surface area contributed by atoms with Gasteiger partial charge in [-0.05, 0) is 43.4 Å². The molecule has 0 aliphatic rings. The molecule has 4 nitrogen and oxygen atoms in total. The van der Waals surface area contributed by atoms with Gasteiger partial charge in [-0.3, -0.25) is 4.79 Å². The number of hydrogen-bond acceptors (Lipinski definition) is 4. The quantitative estimate of drug-likeness (QED) is 0.634. The predicted molar refractivity (Wildman–Crippen MR) is 70.1 cm³/mol. The van der Waals surface area contributed by atoms with Gasteiger partial charge < -0.3 is 9.84 Å². The first kappa shape index (κ1) is 14.6. The Hall–Kier alpha value is -1.49. The Kier molecular flexibility index (Phi) is 5.71. The molecule has 0 radical (unpaired) electrons. The molecule has 1 rings (SSSR count). The highest BCUT2D eigenvalue weighted by atomic mass is 32.2. The van der Waals surface area contributed by atoms with E-state index in [1.165, 1.54) is 11.8 Å². The van der Waals surface area contributed by atoms with Crippen LogP contribution in [-0.4, -0.2) is 29.9 Å². The summed E-state index contributed by atoms with van der Waals surface area (Å²) in [6, 6.07) is 5.35. The van der Waals surface area contributed by atoms with Crippen LogP contribution in [0.4, 0.5) is 0 Å². The van der Waals surface area contributed by atoms with Crippen molar-refractivity contribution in [3.63, 3.8) is 0 Å². The molecular weight excluding hydrogens is 252 g/mol. The highest BCUT2D eigenvalue weighted by molar-refractivity contribution is 7.98. The van der Waals surface area contributed by atoms with E-state index in [-0.39, 0.29) is 12.4 Å². The number of carbonyl (C=O) groups excluding carboxylic acids is 1. The van der Waals surface area contributed by atoms with Crippen LogP contribution in [0.25, 0.3) is 0 Å². The summed E-state index contributed by atoms with van der Waals surface area (Å²) < 4.78 is 4.94. The molecule has 5 heteroatoms. The van der Waals surface area contributed by atoms with E-state index >= 15 is 0 Å². The van der Waals surface area contributed by atoms with Gasteiger partial charge >= 0.3 is 11.9 Å². The van der Waals surface area contributed by atoms with Crippen molar-refractivity contribution < 1.29 is 19.4 Å². The second kappa shape index (κ2) is 7.06. The lowest BCUT2D eigenvalue weighted by molar-refractivity contribution is -0.136. The van der Waals surface area contributed by atoms with E-state index < -0.39 is 5.97 Å². The number of thioether (sulfide) groups is 1. The van der Waals surface area contributed by atoms with Crippen LogP contribution in [0.3, 0.4) is 0 Å². The van der Waals surface area contributed by atoms with Gasteiger partial charge in [0, 0.05) is 11.3 Å². The lowest BCUT2D eigenvalue weighted by Crippen LogP contribution is -2.06. The molecule has 18 heavy (non-hydrogen) atoms. The van der Waals surface area contributed by atoms with E-state index in [2.05, 4.69) is 0 Å². The minimum Gasteiger partial charge on any atom is -0.481 e. The van der Waals surface area contributed by atoms with Gasteiger partial charge in [0.2, 0.25) is 0 Å². The second-order valence-corrected chi connectivity index (χ2v) is 4.56. The predicted octanol–water partition coefficient (Wildman–Crippen LogP) is 2.60. The molecule has 0 aromatic heterocycles. The summed E-state index contributed by atoms with van der Waals surface area (Å²) in [4.78, 5) is 23.1. The van der Waals surface area contributed by atoms with E-state index in [1.54, 1.807) is 19.1 Å². The maximum Gasteiger partial charge on any atom is 0.338 e. The van der Waals surface area contributed by atoms with Crippen molar-refractivity contribution in [3.8, 4) is 0 Å². The molecule has 0 heterocycles. The number of ether oxygens (including phenoxy) is 1. The fourth-order valence-electron chi connectivity index (χ4n) is 1.51. The van der Waals surface area contributed by atoms with Crippen molar-refractivity contribution >= 4 is 23.7 Å². The fraction of sp³-hybridized carbons (Fsp3) is 0.385. The highest BCUT2D eigenvalue weighted by Crippen LogP contribution is 2.20. The zero-order valence-corrected chi connectivity index (χ0v) is 11.3. The largest absolute Gasteiger partial charge is 0.481 e. The smallest absolute Gasteiger partial charge is 0.338 e. The zero-order chi connectivity index (χ0) is 13.5. The number of esters is 1. The maximum absolute atomic E-state index is 11.7. The third-order valence-electron chi connectivity index (χ3n) is 2.34. The van der Waals surface area contributed by atoms with Gasteiger partial charge in [-0.2, -0.15) is 0 Å². The molecule has 0 saturated heterocycles. The molecule has 0 aliphatic carbocycles. The van der Waals surface area contributed by atoms with Crippen LogP contribution < -0.4 is 0 Å². The summed E-state index contributed by atoms with van der Waals surface area (Å²) in [5, 5.41) is 8.67. The molecule has 0 saturated carbocycles. The standard InChI is InChI=1S/C13H16O4S/c1-3-17-13(16)10-6-9(4-5-12(14)15)7-11(8-10)18-2/h6-8H,3-5H2,1-2H3,(H,14,15). The van der Waals surface area contributed by atoms with Gasteiger partial charge in [0.05, 0.1) is 12.2 Å². The fourth-order valence-corrected chi connectivity index (χ4v) is 2.02. The molecule has 98 valence electrons. The first-order chi connectivity index (χ1) is 8.56. The molecule has 0 amide bonds. The first-order valence-corrected chi connectivity index (χ1v) is 6.86. The van der Waals surface area contributed by atoms with E-state index in [0.29, 0.717) is 18.6 Å². The van der Waals surface area contributed by atoms with Crippen molar-refractivity contribution in [1.82, 2.24) is 0 Å². The minimum absolute atomic E-state index is 0.0557. The van der Waals surface area contributed by atoms with Gasteiger partial charge in [0.1, 0.15) is 0 Å². The monoisotopic (exact) mass is 268 g/mol. The first-order valence-electron chi connectivity index (χ1n) is 5.63. The van der Waals surface area contributed by atoms with Gasteiger partial charge in [0.15, 0.2) is 0 Å². The Morgan fingerprint density at radius 1 is 1.33 bits per heavy atom. The molecule has 0 unspecified atom stereocenters. The summed E-state index contributed by atoms with van der Waals surface area (Å²) in [6.45, 7) is 2.08. The van der Waals surface area contributed by atoms with Gasteiger partial charge in [-0.1, -0.05) is 0 Å².